The highest BCUT2D eigenvalue weighted by Gasteiger charge is 2.11. The van der Waals surface area contributed by atoms with Crippen LogP contribution in [0.4, 0.5) is 0 Å². The third-order valence-corrected chi connectivity index (χ3v) is 3.69. The van der Waals surface area contributed by atoms with Crippen molar-refractivity contribution in [2.45, 2.75) is 19.9 Å². The second kappa shape index (κ2) is 5.73. The van der Waals surface area contributed by atoms with Crippen LogP contribution in [-0.2, 0) is 6.54 Å². The van der Waals surface area contributed by atoms with Gasteiger partial charge in [-0.3, -0.25) is 14.1 Å². The molecule has 20 heavy (non-hydrogen) atoms. The van der Waals surface area contributed by atoms with Crippen molar-refractivity contribution >= 4 is 5.65 Å². The van der Waals surface area contributed by atoms with E-state index in [0.29, 0.717) is 0 Å². The summed E-state index contributed by atoms with van der Waals surface area (Å²) in [4.78, 5) is 19.1. The Labute approximate surface area is 118 Å². The first-order chi connectivity index (χ1) is 9.72. The standard InChI is InChI=1S/C15H20N4O/c1-12-3-7-19-14(9-12)17-13(10-15(19)20)11-18-6-2-4-16-5-8-18/h3,7,9-10,16H,2,4-6,8,11H2,1H3. The van der Waals surface area contributed by atoms with Crippen molar-refractivity contribution in [2.24, 2.45) is 0 Å². The van der Waals surface area contributed by atoms with Crippen LogP contribution in [0.25, 0.3) is 5.65 Å². The van der Waals surface area contributed by atoms with Crippen molar-refractivity contribution in [1.29, 1.82) is 0 Å². The summed E-state index contributed by atoms with van der Waals surface area (Å²) in [6.07, 6.45) is 2.94. The van der Waals surface area contributed by atoms with Gasteiger partial charge in [0.2, 0.25) is 0 Å². The topological polar surface area (TPSA) is 49.6 Å². The van der Waals surface area contributed by atoms with Gasteiger partial charge >= 0.3 is 0 Å². The van der Waals surface area contributed by atoms with E-state index in [1.54, 1.807) is 16.7 Å². The molecule has 0 aromatic carbocycles. The molecule has 0 amide bonds. The Morgan fingerprint density at radius 2 is 2.20 bits per heavy atom. The number of rotatable bonds is 2. The zero-order chi connectivity index (χ0) is 13.9. The van der Waals surface area contributed by atoms with Crippen molar-refractivity contribution in [3.05, 3.63) is 46.0 Å². The number of pyridine rings is 1. The maximum absolute atomic E-state index is 12.1. The summed E-state index contributed by atoms with van der Waals surface area (Å²) in [5.74, 6) is 0. The average molecular weight is 272 g/mol. The van der Waals surface area contributed by atoms with Gasteiger partial charge in [-0.1, -0.05) is 0 Å². The monoisotopic (exact) mass is 272 g/mol. The number of hydrogen-bond donors (Lipinski definition) is 1. The van der Waals surface area contributed by atoms with E-state index in [-0.39, 0.29) is 5.56 Å². The Balaban J connectivity index is 1.89. The van der Waals surface area contributed by atoms with Gasteiger partial charge in [-0.15, -0.1) is 0 Å². The molecule has 0 unspecified atom stereocenters. The van der Waals surface area contributed by atoms with Gasteiger partial charge in [0.1, 0.15) is 5.65 Å². The normalized spacial score (nSPS) is 17.2. The first-order valence-corrected chi connectivity index (χ1v) is 7.14. The molecule has 1 N–H and O–H groups in total. The van der Waals surface area contributed by atoms with Crippen molar-refractivity contribution in [1.82, 2.24) is 19.6 Å². The molecule has 0 spiro atoms. The van der Waals surface area contributed by atoms with Gasteiger partial charge in [0.15, 0.2) is 0 Å². The highest BCUT2D eigenvalue weighted by molar-refractivity contribution is 5.41. The molecule has 0 atom stereocenters. The van der Waals surface area contributed by atoms with Crippen LogP contribution >= 0.6 is 0 Å². The second-order valence-corrected chi connectivity index (χ2v) is 5.40. The molecule has 0 aliphatic carbocycles. The molecule has 5 nitrogen and oxygen atoms in total. The van der Waals surface area contributed by atoms with Crippen LogP contribution in [0.5, 0.6) is 0 Å². The Hall–Kier alpha value is -1.72. The fourth-order valence-electron chi connectivity index (χ4n) is 2.62. The summed E-state index contributed by atoms with van der Waals surface area (Å²) in [6.45, 7) is 6.91. The van der Waals surface area contributed by atoms with Crippen molar-refractivity contribution < 1.29 is 0 Å². The number of aryl methyl sites for hydroxylation is 1. The first kappa shape index (κ1) is 13.3. The van der Waals surface area contributed by atoms with Crippen LogP contribution in [0.1, 0.15) is 17.7 Å². The van der Waals surface area contributed by atoms with Crippen molar-refractivity contribution in [3.8, 4) is 0 Å². The summed E-state index contributed by atoms with van der Waals surface area (Å²) >= 11 is 0. The lowest BCUT2D eigenvalue weighted by atomic mass is 10.3. The van der Waals surface area contributed by atoms with Crippen LogP contribution < -0.4 is 10.9 Å². The number of nitrogens with one attached hydrogen (secondary N) is 1. The third kappa shape index (κ3) is 2.89. The number of hydrogen-bond acceptors (Lipinski definition) is 4. The molecule has 2 aromatic rings. The molecule has 3 heterocycles. The molecular formula is C15H20N4O. The zero-order valence-corrected chi connectivity index (χ0v) is 11.8. The van der Waals surface area contributed by atoms with E-state index < -0.39 is 0 Å². The Bertz CT molecular complexity index is 656. The predicted molar refractivity (Wildman–Crippen MR) is 79.0 cm³/mol. The van der Waals surface area contributed by atoms with Crippen molar-refractivity contribution in [3.63, 3.8) is 0 Å². The maximum atomic E-state index is 12.1. The number of nitrogens with zero attached hydrogens (tertiary/aromatic N) is 3. The largest absolute Gasteiger partial charge is 0.315 e. The SMILES string of the molecule is Cc1ccn2c(=O)cc(CN3CCCNCC3)nc2c1. The van der Waals surface area contributed by atoms with Crippen LogP contribution in [0.2, 0.25) is 0 Å². The van der Waals surface area contributed by atoms with E-state index in [2.05, 4.69) is 15.2 Å². The van der Waals surface area contributed by atoms with E-state index in [1.165, 1.54) is 0 Å². The molecule has 1 aliphatic rings. The molecule has 0 saturated carbocycles. The van der Waals surface area contributed by atoms with Gasteiger partial charge in [-0.2, -0.15) is 0 Å². The van der Waals surface area contributed by atoms with Crippen LogP contribution in [0, 0.1) is 6.92 Å². The summed E-state index contributed by atoms with van der Waals surface area (Å²) < 4.78 is 1.60. The fourth-order valence-corrected chi connectivity index (χ4v) is 2.62. The molecule has 106 valence electrons. The highest BCUT2D eigenvalue weighted by atomic mass is 16.1. The molecule has 0 radical (unpaired) electrons. The van der Waals surface area contributed by atoms with E-state index >= 15 is 0 Å². The van der Waals surface area contributed by atoms with E-state index in [0.717, 1.165) is 56.0 Å². The molecule has 0 bridgehead atoms. The number of aromatic nitrogens is 2. The summed E-state index contributed by atoms with van der Waals surface area (Å²) in [5.41, 5.74) is 2.72. The van der Waals surface area contributed by atoms with Gasteiger partial charge < -0.3 is 5.32 Å². The molecule has 2 aromatic heterocycles. The lowest BCUT2D eigenvalue weighted by Gasteiger charge is -2.18. The van der Waals surface area contributed by atoms with E-state index in [9.17, 15) is 4.79 Å². The van der Waals surface area contributed by atoms with Crippen LogP contribution in [0.15, 0.2) is 29.2 Å². The van der Waals surface area contributed by atoms with Gasteiger partial charge in [0, 0.05) is 31.9 Å². The van der Waals surface area contributed by atoms with Crippen LogP contribution in [0.3, 0.4) is 0 Å². The van der Waals surface area contributed by atoms with Gasteiger partial charge in [0.05, 0.1) is 5.69 Å². The summed E-state index contributed by atoms with van der Waals surface area (Å²) in [6, 6.07) is 5.53. The Morgan fingerprint density at radius 3 is 3.10 bits per heavy atom. The first-order valence-electron chi connectivity index (χ1n) is 7.14. The lowest BCUT2D eigenvalue weighted by Crippen LogP contribution is -2.29. The number of fused-ring (bicyclic) bond motifs is 1. The molecule has 5 heteroatoms. The quantitative estimate of drug-likeness (QED) is 0.878. The lowest BCUT2D eigenvalue weighted by molar-refractivity contribution is 0.281. The minimum Gasteiger partial charge on any atom is -0.315 e. The molecule has 1 aliphatic heterocycles. The average Bonchev–Trinajstić information content (AvgIpc) is 2.67. The minimum absolute atomic E-state index is 0.00190. The van der Waals surface area contributed by atoms with Crippen LogP contribution in [-0.4, -0.2) is 40.5 Å². The maximum Gasteiger partial charge on any atom is 0.258 e. The molecule has 1 saturated heterocycles. The third-order valence-electron chi connectivity index (χ3n) is 3.69. The summed E-state index contributed by atoms with van der Waals surface area (Å²) in [5, 5.41) is 3.38. The zero-order valence-electron chi connectivity index (χ0n) is 11.8. The Kier molecular flexibility index (Phi) is 3.80. The summed E-state index contributed by atoms with van der Waals surface area (Å²) in [7, 11) is 0. The van der Waals surface area contributed by atoms with E-state index in [1.807, 2.05) is 19.1 Å². The smallest absolute Gasteiger partial charge is 0.258 e. The molecule has 3 rings (SSSR count). The van der Waals surface area contributed by atoms with Gasteiger partial charge in [-0.05, 0) is 44.1 Å². The van der Waals surface area contributed by atoms with Gasteiger partial charge in [0.25, 0.3) is 5.56 Å². The molecular weight excluding hydrogens is 252 g/mol. The second-order valence-electron chi connectivity index (χ2n) is 5.40. The van der Waals surface area contributed by atoms with Gasteiger partial charge in [-0.25, -0.2) is 4.98 Å². The molecule has 1 fully saturated rings. The predicted octanol–water partition coefficient (Wildman–Crippen LogP) is 0.798. The van der Waals surface area contributed by atoms with Crippen molar-refractivity contribution in [2.75, 3.05) is 26.2 Å². The fraction of sp³-hybridized carbons (Fsp3) is 0.467. The minimum atomic E-state index is -0.00190. The highest BCUT2D eigenvalue weighted by Crippen LogP contribution is 2.06. The van der Waals surface area contributed by atoms with E-state index in [4.69, 9.17) is 0 Å². The Morgan fingerprint density at radius 1 is 1.30 bits per heavy atom.